The average Bonchev–Trinajstić information content (AvgIpc) is 2.86. The summed E-state index contributed by atoms with van der Waals surface area (Å²) in [5.74, 6) is 0.247. The summed E-state index contributed by atoms with van der Waals surface area (Å²) in [7, 11) is 0. The van der Waals surface area contributed by atoms with E-state index in [2.05, 4.69) is 11.4 Å². The highest BCUT2D eigenvalue weighted by atomic mass is 16.2. The summed E-state index contributed by atoms with van der Waals surface area (Å²) in [6, 6.07) is 0.119. The van der Waals surface area contributed by atoms with Gasteiger partial charge in [0.1, 0.15) is 0 Å². The van der Waals surface area contributed by atoms with Gasteiger partial charge in [0.05, 0.1) is 0 Å². The Morgan fingerprint density at radius 1 is 1.47 bits per heavy atom. The Morgan fingerprint density at radius 3 is 2.76 bits per heavy atom. The van der Waals surface area contributed by atoms with Crippen LogP contribution in [-0.4, -0.2) is 43.0 Å². The van der Waals surface area contributed by atoms with Crippen molar-refractivity contribution in [3.8, 4) is 0 Å². The molecule has 17 heavy (non-hydrogen) atoms. The summed E-state index contributed by atoms with van der Waals surface area (Å²) in [6.45, 7) is 5.27. The van der Waals surface area contributed by atoms with Crippen LogP contribution in [-0.2, 0) is 4.79 Å². The van der Waals surface area contributed by atoms with Crippen molar-refractivity contribution in [3.05, 3.63) is 12.2 Å². The number of rotatable bonds is 7. The Hall–Kier alpha value is -0.870. The molecular weight excluding hydrogens is 214 g/mol. The SMILES string of the molecule is C/C=C/CCNC(CN)CC(=O)N1CCCC1. The minimum Gasteiger partial charge on any atom is -0.343 e. The van der Waals surface area contributed by atoms with Crippen LogP contribution in [0.2, 0.25) is 0 Å². The van der Waals surface area contributed by atoms with Gasteiger partial charge in [-0.2, -0.15) is 0 Å². The fourth-order valence-electron chi connectivity index (χ4n) is 2.08. The van der Waals surface area contributed by atoms with Crippen molar-refractivity contribution in [2.75, 3.05) is 26.2 Å². The Kier molecular flexibility index (Phi) is 6.89. The highest BCUT2D eigenvalue weighted by Gasteiger charge is 2.20. The maximum atomic E-state index is 11.9. The van der Waals surface area contributed by atoms with Crippen LogP contribution in [0, 0.1) is 0 Å². The van der Waals surface area contributed by atoms with Gasteiger partial charge in [-0.1, -0.05) is 12.2 Å². The Balaban J connectivity index is 2.22. The fraction of sp³-hybridized carbons (Fsp3) is 0.769. The molecule has 1 saturated heterocycles. The van der Waals surface area contributed by atoms with E-state index in [0.29, 0.717) is 13.0 Å². The molecule has 0 aromatic rings. The smallest absolute Gasteiger partial charge is 0.224 e. The lowest BCUT2D eigenvalue weighted by molar-refractivity contribution is -0.130. The second-order valence-corrected chi connectivity index (χ2v) is 4.54. The number of allylic oxidation sites excluding steroid dienone is 1. The summed E-state index contributed by atoms with van der Waals surface area (Å²) in [6.07, 6.45) is 7.97. The summed E-state index contributed by atoms with van der Waals surface area (Å²) < 4.78 is 0. The van der Waals surface area contributed by atoms with Crippen molar-refractivity contribution in [1.29, 1.82) is 0 Å². The zero-order chi connectivity index (χ0) is 12.5. The van der Waals surface area contributed by atoms with Crippen LogP contribution < -0.4 is 11.1 Å². The molecule has 0 aromatic heterocycles. The molecule has 1 aliphatic heterocycles. The van der Waals surface area contributed by atoms with Crippen molar-refractivity contribution < 1.29 is 4.79 Å². The van der Waals surface area contributed by atoms with E-state index in [-0.39, 0.29) is 11.9 Å². The second kappa shape index (κ2) is 8.25. The van der Waals surface area contributed by atoms with Crippen molar-refractivity contribution in [2.24, 2.45) is 5.73 Å². The number of carbonyl (C=O) groups is 1. The summed E-state index contributed by atoms with van der Waals surface area (Å²) >= 11 is 0. The van der Waals surface area contributed by atoms with Crippen LogP contribution in [0.5, 0.6) is 0 Å². The van der Waals surface area contributed by atoms with E-state index >= 15 is 0 Å². The van der Waals surface area contributed by atoms with Crippen molar-refractivity contribution in [3.63, 3.8) is 0 Å². The van der Waals surface area contributed by atoms with Gasteiger partial charge in [-0.05, 0) is 32.7 Å². The first kappa shape index (κ1) is 14.2. The van der Waals surface area contributed by atoms with Crippen molar-refractivity contribution >= 4 is 5.91 Å². The second-order valence-electron chi connectivity index (χ2n) is 4.54. The summed E-state index contributed by atoms with van der Waals surface area (Å²) in [5.41, 5.74) is 5.68. The maximum absolute atomic E-state index is 11.9. The third kappa shape index (κ3) is 5.33. The van der Waals surface area contributed by atoms with Gasteiger partial charge >= 0.3 is 0 Å². The molecule has 0 spiro atoms. The highest BCUT2D eigenvalue weighted by molar-refractivity contribution is 5.77. The monoisotopic (exact) mass is 239 g/mol. The Bertz CT molecular complexity index is 247. The predicted octanol–water partition coefficient (Wildman–Crippen LogP) is 0.882. The summed E-state index contributed by atoms with van der Waals surface area (Å²) in [5, 5.41) is 3.33. The van der Waals surface area contributed by atoms with E-state index in [1.54, 1.807) is 0 Å². The van der Waals surface area contributed by atoms with Crippen LogP contribution in [0.4, 0.5) is 0 Å². The molecule has 0 aromatic carbocycles. The lowest BCUT2D eigenvalue weighted by Gasteiger charge is -2.20. The van der Waals surface area contributed by atoms with E-state index < -0.39 is 0 Å². The first-order chi connectivity index (χ1) is 8.27. The molecule has 98 valence electrons. The molecule has 0 saturated carbocycles. The highest BCUT2D eigenvalue weighted by Crippen LogP contribution is 2.09. The molecule has 0 radical (unpaired) electrons. The van der Waals surface area contributed by atoms with Gasteiger partial charge < -0.3 is 16.0 Å². The molecule has 4 heteroatoms. The van der Waals surface area contributed by atoms with Gasteiger partial charge in [-0.15, -0.1) is 0 Å². The lowest BCUT2D eigenvalue weighted by atomic mass is 10.2. The Labute approximate surface area is 104 Å². The molecule has 3 N–H and O–H groups in total. The van der Waals surface area contributed by atoms with Crippen LogP contribution in [0.1, 0.15) is 32.6 Å². The molecule has 1 unspecified atom stereocenters. The molecule has 1 aliphatic rings. The first-order valence-corrected chi connectivity index (χ1v) is 6.60. The number of likely N-dealkylation sites (tertiary alicyclic amines) is 1. The molecule has 1 rings (SSSR count). The third-order valence-corrected chi connectivity index (χ3v) is 3.14. The largest absolute Gasteiger partial charge is 0.343 e. The van der Waals surface area contributed by atoms with Crippen LogP contribution in [0.15, 0.2) is 12.2 Å². The maximum Gasteiger partial charge on any atom is 0.224 e. The average molecular weight is 239 g/mol. The molecule has 0 bridgehead atoms. The number of hydrogen-bond acceptors (Lipinski definition) is 3. The molecular formula is C13H25N3O. The number of amides is 1. The third-order valence-electron chi connectivity index (χ3n) is 3.14. The molecule has 1 heterocycles. The van der Waals surface area contributed by atoms with Gasteiger partial charge in [-0.25, -0.2) is 0 Å². The zero-order valence-electron chi connectivity index (χ0n) is 10.8. The number of nitrogens with zero attached hydrogens (tertiary/aromatic N) is 1. The lowest BCUT2D eigenvalue weighted by Crippen LogP contribution is -2.41. The van der Waals surface area contributed by atoms with E-state index in [1.165, 1.54) is 0 Å². The van der Waals surface area contributed by atoms with Crippen LogP contribution in [0.3, 0.4) is 0 Å². The Morgan fingerprint density at radius 2 is 2.18 bits per heavy atom. The van der Waals surface area contributed by atoms with Crippen LogP contribution >= 0.6 is 0 Å². The van der Waals surface area contributed by atoms with Crippen molar-refractivity contribution in [1.82, 2.24) is 10.2 Å². The molecule has 0 aliphatic carbocycles. The van der Waals surface area contributed by atoms with Gasteiger partial charge in [0, 0.05) is 32.1 Å². The minimum absolute atomic E-state index is 0.119. The predicted molar refractivity (Wildman–Crippen MR) is 70.7 cm³/mol. The zero-order valence-corrected chi connectivity index (χ0v) is 10.8. The van der Waals surface area contributed by atoms with E-state index in [0.717, 1.165) is 38.9 Å². The quantitative estimate of drug-likeness (QED) is 0.512. The number of carbonyl (C=O) groups excluding carboxylic acids is 1. The van der Waals surface area contributed by atoms with Gasteiger partial charge in [0.25, 0.3) is 0 Å². The van der Waals surface area contributed by atoms with Gasteiger partial charge in [0.2, 0.25) is 5.91 Å². The molecule has 1 fully saturated rings. The summed E-state index contributed by atoms with van der Waals surface area (Å²) in [4.78, 5) is 13.9. The van der Waals surface area contributed by atoms with Crippen LogP contribution in [0.25, 0.3) is 0 Å². The molecule has 4 nitrogen and oxygen atoms in total. The van der Waals surface area contributed by atoms with E-state index in [1.807, 2.05) is 17.9 Å². The normalized spacial score (nSPS) is 17.9. The number of nitrogens with one attached hydrogen (secondary N) is 1. The minimum atomic E-state index is 0.119. The van der Waals surface area contributed by atoms with Crippen molar-refractivity contribution in [2.45, 2.75) is 38.6 Å². The van der Waals surface area contributed by atoms with Gasteiger partial charge in [0.15, 0.2) is 0 Å². The van der Waals surface area contributed by atoms with Gasteiger partial charge in [-0.3, -0.25) is 4.79 Å². The first-order valence-electron chi connectivity index (χ1n) is 6.60. The molecule has 1 amide bonds. The fourth-order valence-corrected chi connectivity index (χ4v) is 2.08. The van der Waals surface area contributed by atoms with E-state index in [4.69, 9.17) is 5.73 Å². The topological polar surface area (TPSA) is 58.4 Å². The molecule has 1 atom stereocenters. The number of nitrogens with two attached hydrogens (primary N) is 1. The standard InChI is InChI=1S/C13H25N3O/c1-2-3-4-7-15-12(11-14)10-13(17)16-8-5-6-9-16/h2-3,12,15H,4-11,14H2,1H3/b3-2+. The van der Waals surface area contributed by atoms with E-state index in [9.17, 15) is 4.79 Å². The number of hydrogen-bond donors (Lipinski definition) is 2.